The number of nitrogens with one attached hydrogen (secondary N) is 1. The highest BCUT2D eigenvalue weighted by molar-refractivity contribution is 7.11. The summed E-state index contributed by atoms with van der Waals surface area (Å²) in [5.74, 6) is 0.374. The normalized spacial score (nSPS) is 16.6. The topological polar surface area (TPSA) is 68.0 Å². The van der Waals surface area contributed by atoms with Crippen molar-refractivity contribution in [3.05, 3.63) is 57.7 Å². The van der Waals surface area contributed by atoms with Gasteiger partial charge in [0.15, 0.2) is 11.5 Å². The third kappa shape index (κ3) is 2.85. The number of carbonyl (C=O) groups excluding carboxylic acids is 1. The molecule has 1 aliphatic rings. The van der Waals surface area contributed by atoms with Crippen LogP contribution >= 0.6 is 11.3 Å². The summed E-state index contributed by atoms with van der Waals surface area (Å²) in [6.45, 7) is 2.01. The fraction of sp³-hybridized carbons (Fsp3) is 0.278. The highest BCUT2D eigenvalue weighted by Crippen LogP contribution is 2.33. The Morgan fingerprint density at radius 3 is 3.00 bits per heavy atom. The Balaban J connectivity index is 1.52. The Hall–Kier alpha value is -2.47. The largest absolute Gasteiger partial charge is 0.355 e. The molecule has 0 saturated carbocycles. The second kappa shape index (κ2) is 6.20. The van der Waals surface area contributed by atoms with Gasteiger partial charge in [0.1, 0.15) is 0 Å². The van der Waals surface area contributed by atoms with Gasteiger partial charge in [0.25, 0.3) is 5.91 Å². The number of hydrogen-bond acceptors (Lipinski definition) is 5. The van der Waals surface area contributed by atoms with E-state index < -0.39 is 0 Å². The lowest BCUT2D eigenvalue weighted by molar-refractivity contribution is 0.0923. The zero-order chi connectivity index (χ0) is 16.5. The maximum Gasteiger partial charge on any atom is 0.274 e. The van der Waals surface area contributed by atoms with E-state index in [4.69, 9.17) is 4.52 Å². The molecule has 0 unspecified atom stereocenters. The first-order chi connectivity index (χ1) is 11.7. The molecule has 122 valence electrons. The summed E-state index contributed by atoms with van der Waals surface area (Å²) in [6, 6.07) is 11.3. The lowest BCUT2D eigenvalue weighted by atomic mass is 9.97. The van der Waals surface area contributed by atoms with Crippen molar-refractivity contribution >= 4 is 17.2 Å². The average molecular weight is 339 g/mol. The minimum Gasteiger partial charge on any atom is -0.355 e. The monoisotopic (exact) mass is 339 g/mol. The van der Waals surface area contributed by atoms with Gasteiger partial charge in [-0.25, -0.2) is 4.98 Å². The zero-order valence-electron chi connectivity index (χ0n) is 13.3. The number of amides is 1. The van der Waals surface area contributed by atoms with Crippen LogP contribution in [0.15, 0.2) is 40.9 Å². The summed E-state index contributed by atoms with van der Waals surface area (Å²) < 4.78 is 5.31. The van der Waals surface area contributed by atoms with E-state index in [1.54, 1.807) is 17.4 Å². The van der Waals surface area contributed by atoms with E-state index in [9.17, 15) is 4.79 Å². The smallest absolute Gasteiger partial charge is 0.274 e. The summed E-state index contributed by atoms with van der Waals surface area (Å²) in [4.78, 5) is 18.4. The van der Waals surface area contributed by atoms with Crippen LogP contribution in [-0.4, -0.2) is 16.0 Å². The molecule has 2 heterocycles. The SMILES string of the molecule is Cc1nc2c(s1)CCC[C@@H]2NC(=O)c1cc(-c2ccccc2)on1. The van der Waals surface area contributed by atoms with Crippen molar-refractivity contribution < 1.29 is 9.32 Å². The van der Waals surface area contributed by atoms with Crippen molar-refractivity contribution in [3.8, 4) is 11.3 Å². The Labute approximate surface area is 143 Å². The van der Waals surface area contributed by atoms with Gasteiger partial charge < -0.3 is 9.84 Å². The van der Waals surface area contributed by atoms with E-state index in [0.29, 0.717) is 11.5 Å². The van der Waals surface area contributed by atoms with Gasteiger partial charge in [-0.15, -0.1) is 11.3 Å². The number of hydrogen-bond donors (Lipinski definition) is 1. The molecule has 1 aromatic carbocycles. The molecule has 2 aromatic heterocycles. The molecular weight excluding hydrogens is 322 g/mol. The van der Waals surface area contributed by atoms with Gasteiger partial charge in [0.05, 0.1) is 16.7 Å². The van der Waals surface area contributed by atoms with Crippen molar-refractivity contribution in [1.82, 2.24) is 15.5 Å². The number of fused-ring (bicyclic) bond motifs is 1. The van der Waals surface area contributed by atoms with Crippen molar-refractivity contribution in [1.29, 1.82) is 0 Å². The molecule has 0 saturated heterocycles. The Bertz CT molecular complexity index is 870. The minimum absolute atomic E-state index is 0.0388. The van der Waals surface area contributed by atoms with E-state index in [0.717, 1.165) is 35.5 Å². The molecule has 0 bridgehead atoms. The van der Waals surface area contributed by atoms with Gasteiger partial charge in [-0.2, -0.15) is 0 Å². The molecule has 5 nitrogen and oxygen atoms in total. The van der Waals surface area contributed by atoms with Crippen LogP contribution in [0.2, 0.25) is 0 Å². The number of aryl methyl sites for hydroxylation is 2. The van der Waals surface area contributed by atoms with Crippen molar-refractivity contribution in [2.24, 2.45) is 0 Å². The van der Waals surface area contributed by atoms with Gasteiger partial charge >= 0.3 is 0 Å². The maximum atomic E-state index is 12.5. The summed E-state index contributed by atoms with van der Waals surface area (Å²) in [5, 5.41) is 8.02. The molecule has 0 fully saturated rings. The van der Waals surface area contributed by atoms with Crippen LogP contribution in [0.1, 0.15) is 45.0 Å². The first kappa shape index (κ1) is 15.1. The molecule has 24 heavy (non-hydrogen) atoms. The first-order valence-corrected chi connectivity index (χ1v) is 8.81. The van der Waals surface area contributed by atoms with E-state index in [2.05, 4.69) is 15.5 Å². The third-order valence-corrected chi connectivity index (χ3v) is 5.21. The quantitative estimate of drug-likeness (QED) is 0.785. The van der Waals surface area contributed by atoms with Crippen LogP contribution in [0, 0.1) is 6.92 Å². The van der Waals surface area contributed by atoms with E-state index in [1.165, 1.54) is 4.88 Å². The molecule has 0 aliphatic heterocycles. The number of benzene rings is 1. The molecule has 1 atom stereocenters. The molecule has 4 rings (SSSR count). The van der Waals surface area contributed by atoms with Crippen molar-refractivity contribution in [3.63, 3.8) is 0 Å². The van der Waals surface area contributed by atoms with Crippen LogP contribution < -0.4 is 5.32 Å². The van der Waals surface area contributed by atoms with Gasteiger partial charge in [0, 0.05) is 16.5 Å². The molecular formula is C18H17N3O2S. The predicted octanol–water partition coefficient (Wildman–Crippen LogP) is 3.91. The van der Waals surface area contributed by atoms with Crippen molar-refractivity contribution in [2.75, 3.05) is 0 Å². The molecule has 1 N–H and O–H groups in total. The molecule has 6 heteroatoms. The average Bonchev–Trinajstić information content (AvgIpc) is 3.22. The summed E-state index contributed by atoms with van der Waals surface area (Å²) >= 11 is 1.72. The summed E-state index contributed by atoms with van der Waals surface area (Å²) in [5.41, 5.74) is 2.22. The molecule has 1 amide bonds. The number of thiazole rings is 1. The number of rotatable bonds is 3. The summed E-state index contributed by atoms with van der Waals surface area (Å²) in [7, 11) is 0. The second-order valence-electron chi connectivity index (χ2n) is 5.90. The highest BCUT2D eigenvalue weighted by atomic mass is 32.1. The van der Waals surface area contributed by atoms with Crippen LogP contribution in [0.25, 0.3) is 11.3 Å². The Morgan fingerprint density at radius 1 is 1.33 bits per heavy atom. The standard InChI is InChI=1S/C18H17N3O2S/c1-11-19-17-13(8-5-9-16(17)24-11)20-18(22)14-10-15(23-21-14)12-6-3-2-4-7-12/h2-4,6-7,10,13H,5,8-9H2,1H3,(H,20,22)/t13-/m0/s1. The number of carbonyl (C=O) groups is 1. The lowest BCUT2D eigenvalue weighted by Crippen LogP contribution is -2.31. The van der Waals surface area contributed by atoms with E-state index >= 15 is 0 Å². The lowest BCUT2D eigenvalue weighted by Gasteiger charge is -2.21. The third-order valence-electron chi connectivity index (χ3n) is 4.17. The second-order valence-corrected chi connectivity index (χ2v) is 7.19. The van der Waals surface area contributed by atoms with Gasteiger partial charge in [-0.1, -0.05) is 35.5 Å². The van der Waals surface area contributed by atoms with Gasteiger partial charge in [0.2, 0.25) is 0 Å². The Kier molecular flexibility index (Phi) is 3.90. The molecule has 3 aromatic rings. The molecule has 0 spiro atoms. The van der Waals surface area contributed by atoms with Gasteiger partial charge in [-0.05, 0) is 26.2 Å². The van der Waals surface area contributed by atoms with Crippen LogP contribution in [0.3, 0.4) is 0 Å². The predicted molar refractivity (Wildman–Crippen MR) is 91.9 cm³/mol. The van der Waals surface area contributed by atoms with Crippen LogP contribution in [0.5, 0.6) is 0 Å². The van der Waals surface area contributed by atoms with Gasteiger partial charge in [-0.3, -0.25) is 4.79 Å². The number of nitrogens with zero attached hydrogens (tertiary/aromatic N) is 2. The fourth-order valence-electron chi connectivity index (χ4n) is 3.03. The van der Waals surface area contributed by atoms with Crippen LogP contribution in [-0.2, 0) is 6.42 Å². The molecule has 1 aliphatic carbocycles. The van der Waals surface area contributed by atoms with Crippen molar-refractivity contribution in [2.45, 2.75) is 32.2 Å². The van der Waals surface area contributed by atoms with Crippen LogP contribution in [0.4, 0.5) is 0 Å². The maximum absolute atomic E-state index is 12.5. The number of aromatic nitrogens is 2. The van der Waals surface area contributed by atoms with E-state index in [1.807, 2.05) is 37.3 Å². The Morgan fingerprint density at radius 2 is 2.17 bits per heavy atom. The fourth-order valence-corrected chi connectivity index (χ4v) is 4.07. The molecule has 0 radical (unpaired) electrons. The minimum atomic E-state index is -0.218. The first-order valence-electron chi connectivity index (χ1n) is 8.00. The summed E-state index contributed by atoms with van der Waals surface area (Å²) in [6.07, 6.45) is 3.02. The van der Waals surface area contributed by atoms with E-state index in [-0.39, 0.29) is 11.9 Å². The highest BCUT2D eigenvalue weighted by Gasteiger charge is 2.26. The zero-order valence-corrected chi connectivity index (χ0v) is 14.1.